The van der Waals surface area contributed by atoms with Gasteiger partial charge in [0, 0.05) is 25.0 Å². The quantitative estimate of drug-likeness (QED) is 0.482. The van der Waals surface area contributed by atoms with Gasteiger partial charge in [0.2, 0.25) is 11.9 Å². The van der Waals surface area contributed by atoms with Crippen LogP contribution in [0.2, 0.25) is 4.34 Å². The first kappa shape index (κ1) is 20.3. The summed E-state index contributed by atoms with van der Waals surface area (Å²) in [6.07, 6.45) is 3.98. The van der Waals surface area contributed by atoms with E-state index in [1.807, 2.05) is 28.8 Å². The summed E-state index contributed by atoms with van der Waals surface area (Å²) in [5.74, 6) is 2.02. The Labute approximate surface area is 182 Å². The Hall–Kier alpha value is -1.97. The van der Waals surface area contributed by atoms with Gasteiger partial charge in [-0.3, -0.25) is 9.36 Å². The fraction of sp³-hybridized carbons (Fsp3) is 0.421. The van der Waals surface area contributed by atoms with E-state index < -0.39 is 0 Å². The summed E-state index contributed by atoms with van der Waals surface area (Å²) in [6, 6.07) is 7.61. The van der Waals surface area contributed by atoms with E-state index in [0.29, 0.717) is 18.8 Å². The van der Waals surface area contributed by atoms with Crippen LogP contribution in [0, 0.1) is 0 Å². The molecule has 1 amide bonds. The van der Waals surface area contributed by atoms with E-state index in [1.165, 1.54) is 23.1 Å². The number of thiophene rings is 1. The van der Waals surface area contributed by atoms with Gasteiger partial charge in [-0.1, -0.05) is 23.4 Å². The van der Waals surface area contributed by atoms with Crippen molar-refractivity contribution in [3.63, 3.8) is 0 Å². The standard InChI is InChI=1S/C19H22ClN5O2S2/c1-23(12-15-6-7-16(20)29-15)17(26)13-28-19-22-21-18(24-8-2-3-9-24)25(19)11-14-5-4-10-27-14/h4-7,10H,2-3,8-9,11-13H2,1H3. The molecule has 1 saturated heterocycles. The first-order chi connectivity index (χ1) is 14.1. The highest BCUT2D eigenvalue weighted by molar-refractivity contribution is 7.99. The number of amides is 1. The molecule has 0 N–H and O–H groups in total. The minimum atomic E-state index is 0.0368. The molecule has 0 unspecified atom stereocenters. The molecule has 29 heavy (non-hydrogen) atoms. The van der Waals surface area contributed by atoms with Crippen molar-refractivity contribution in [2.45, 2.75) is 31.1 Å². The van der Waals surface area contributed by atoms with Crippen LogP contribution in [0.5, 0.6) is 0 Å². The van der Waals surface area contributed by atoms with Crippen LogP contribution in [0.4, 0.5) is 5.95 Å². The van der Waals surface area contributed by atoms with Gasteiger partial charge in [0.15, 0.2) is 5.16 Å². The van der Waals surface area contributed by atoms with Gasteiger partial charge in [-0.05, 0) is 37.1 Å². The molecule has 3 aromatic rings. The van der Waals surface area contributed by atoms with E-state index in [-0.39, 0.29) is 5.91 Å². The molecule has 0 radical (unpaired) electrons. The Bertz CT molecular complexity index is 950. The van der Waals surface area contributed by atoms with Crippen molar-refractivity contribution in [3.05, 3.63) is 45.5 Å². The summed E-state index contributed by atoms with van der Waals surface area (Å²) in [4.78, 5) is 17.6. The molecule has 154 valence electrons. The van der Waals surface area contributed by atoms with E-state index in [4.69, 9.17) is 16.0 Å². The summed E-state index contributed by atoms with van der Waals surface area (Å²) in [6.45, 7) is 3.05. The van der Waals surface area contributed by atoms with Crippen LogP contribution in [-0.4, -0.2) is 51.5 Å². The normalized spacial score (nSPS) is 13.9. The van der Waals surface area contributed by atoms with Gasteiger partial charge in [-0.15, -0.1) is 21.5 Å². The third kappa shape index (κ3) is 4.96. The van der Waals surface area contributed by atoms with Crippen LogP contribution < -0.4 is 4.90 Å². The van der Waals surface area contributed by atoms with Gasteiger partial charge in [-0.2, -0.15) is 0 Å². The van der Waals surface area contributed by atoms with Crippen LogP contribution >= 0.6 is 34.7 Å². The second-order valence-electron chi connectivity index (χ2n) is 6.89. The number of carbonyl (C=O) groups is 1. The van der Waals surface area contributed by atoms with Crippen LogP contribution in [-0.2, 0) is 17.9 Å². The van der Waals surface area contributed by atoms with E-state index in [1.54, 1.807) is 18.2 Å². The zero-order valence-corrected chi connectivity index (χ0v) is 18.5. The molecular formula is C19H22ClN5O2S2. The number of nitrogens with zero attached hydrogens (tertiary/aromatic N) is 5. The highest BCUT2D eigenvalue weighted by atomic mass is 35.5. The van der Waals surface area contributed by atoms with Crippen LogP contribution in [0.3, 0.4) is 0 Å². The molecule has 3 aromatic heterocycles. The molecule has 1 aliphatic rings. The summed E-state index contributed by atoms with van der Waals surface area (Å²) < 4.78 is 8.30. The van der Waals surface area contributed by atoms with Crippen molar-refractivity contribution in [1.29, 1.82) is 0 Å². The Kier molecular flexibility index (Phi) is 6.46. The average Bonchev–Trinajstić information content (AvgIpc) is 3.49. The lowest BCUT2D eigenvalue weighted by molar-refractivity contribution is -0.127. The van der Waals surface area contributed by atoms with Gasteiger partial charge in [0.1, 0.15) is 5.76 Å². The summed E-state index contributed by atoms with van der Waals surface area (Å²) in [7, 11) is 1.81. The van der Waals surface area contributed by atoms with Crippen molar-refractivity contribution < 1.29 is 9.21 Å². The minimum absolute atomic E-state index is 0.0368. The molecular weight excluding hydrogens is 430 g/mol. The SMILES string of the molecule is CN(Cc1ccc(Cl)s1)C(=O)CSc1nnc(N2CCCC2)n1Cc1ccco1. The molecule has 7 nitrogen and oxygen atoms in total. The van der Waals surface area contributed by atoms with Crippen molar-refractivity contribution in [2.24, 2.45) is 0 Å². The highest BCUT2D eigenvalue weighted by Gasteiger charge is 2.23. The topological polar surface area (TPSA) is 67.4 Å². The third-order valence-electron chi connectivity index (χ3n) is 4.75. The van der Waals surface area contributed by atoms with Gasteiger partial charge >= 0.3 is 0 Å². The second-order valence-corrected chi connectivity index (χ2v) is 9.63. The molecule has 0 saturated carbocycles. The van der Waals surface area contributed by atoms with E-state index >= 15 is 0 Å². The number of rotatable bonds is 8. The summed E-state index contributed by atoms with van der Waals surface area (Å²) in [5.41, 5.74) is 0. The van der Waals surface area contributed by atoms with Gasteiger partial charge in [-0.25, -0.2) is 0 Å². The second kappa shape index (κ2) is 9.23. The highest BCUT2D eigenvalue weighted by Crippen LogP contribution is 2.27. The maximum atomic E-state index is 12.6. The molecule has 10 heteroatoms. The van der Waals surface area contributed by atoms with E-state index in [0.717, 1.165) is 52.0 Å². The largest absolute Gasteiger partial charge is 0.467 e. The lowest BCUT2D eigenvalue weighted by atomic mass is 10.4. The molecule has 4 heterocycles. The Morgan fingerprint density at radius 2 is 2.14 bits per heavy atom. The van der Waals surface area contributed by atoms with Crippen LogP contribution in [0.1, 0.15) is 23.5 Å². The zero-order chi connectivity index (χ0) is 20.2. The lowest BCUT2D eigenvalue weighted by Gasteiger charge is -2.18. The predicted molar refractivity (Wildman–Crippen MR) is 116 cm³/mol. The van der Waals surface area contributed by atoms with Gasteiger partial charge in [0.05, 0.1) is 29.4 Å². The average molecular weight is 452 g/mol. The molecule has 0 spiro atoms. The number of anilines is 1. The molecule has 0 atom stereocenters. The first-order valence-electron chi connectivity index (χ1n) is 9.41. The molecule has 0 aromatic carbocycles. The monoisotopic (exact) mass is 451 g/mol. The Morgan fingerprint density at radius 3 is 2.83 bits per heavy atom. The smallest absolute Gasteiger partial charge is 0.233 e. The van der Waals surface area contributed by atoms with E-state index in [9.17, 15) is 4.79 Å². The number of carbonyl (C=O) groups excluding carboxylic acids is 1. The number of thioether (sulfide) groups is 1. The molecule has 4 rings (SSSR count). The minimum Gasteiger partial charge on any atom is -0.467 e. The predicted octanol–water partition coefficient (Wildman–Crippen LogP) is 3.99. The lowest BCUT2D eigenvalue weighted by Crippen LogP contribution is -2.27. The maximum Gasteiger partial charge on any atom is 0.233 e. The third-order valence-corrected chi connectivity index (χ3v) is 6.92. The molecule has 0 bridgehead atoms. The number of hydrogen-bond acceptors (Lipinski definition) is 7. The Morgan fingerprint density at radius 1 is 1.31 bits per heavy atom. The zero-order valence-electron chi connectivity index (χ0n) is 16.1. The van der Waals surface area contributed by atoms with Crippen LogP contribution in [0.15, 0.2) is 40.1 Å². The molecule has 1 fully saturated rings. The van der Waals surface area contributed by atoms with Crippen molar-refractivity contribution in [3.8, 4) is 0 Å². The fourth-order valence-corrected chi connectivity index (χ4v) is 5.25. The summed E-state index contributed by atoms with van der Waals surface area (Å²) >= 11 is 8.88. The number of hydrogen-bond donors (Lipinski definition) is 0. The van der Waals surface area contributed by atoms with Gasteiger partial charge in [0.25, 0.3) is 0 Å². The Balaban J connectivity index is 1.43. The fourth-order valence-electron chi connectivity index (χ4n) is 3.23. The van der Waals surface area contributed by atoms with Gasteiger partial charge < -0.3 is 14.2 Å². The van der Waals surface area contributed by atoms with Crippen molar-refractivity contribution in [1.82, 2.24) is 19.7 Å². The number of halogens is 1. The van der Waals surface area contributed by atoms with E-state index in [2.05, 4.69) is 15.1 Å². The maximum absolute atomic E-state index is 12.6. The van der Waals surface area contributed by atoms with Crippen molar-refractivity contribution in [2.75, 3.05) is 30.8 Å². The first-order valence-corrected chi connectivity index (χ1v) is 11.6. The van der Waals surface area contributed by atoms with Crippen LogP contribution in [0.25, 0.3) is 0 Å². The number of aromatic nitrogens is 3. The number of furan rings is 1. The van der Waals surface area contributed by atoms with Crippen molar-refractivity contribution >= 4 is 46.6 Å². The molecule has 1 aliphatic heterocycles. The molecule has 0 aliphatic carbocycles. The summed E-state index contributed by atoms with van der Waals surface area (Å²) in [5, 5.41) is 9.50.